The highest BCUT2D eigenvalue weighted by atomic mass is 16.5. The summed E-state index contributed by atoms with van der Waals surface area (Å²) in [6.45, 7) is 2.64. The van der Waals surface area contributed by atoms with Gasteiger partial charge in [0, 0.05) is 18.3 Å². The van der Waals surface area contributed by atoms with Crippen molar-refractivity contribution in [3.63, 3.8) is 0 Å². The number of hydrogen-bond acceptors (Lipinski definition) is 8. The van der Waals surface area contributed by atoms with Crippen LogP contribution < -0.4 is 5.73 Å². The number of aromatic nitrogens is 1. The minimum absolute atomic E-state index is 0.122. The lowest BCUT2D eigenvalue weighted by molar-refractivity contribution is -0.146. The Labute approximate surface area is 165 Å². The van der Waals surface area contributed by atoms with E-state index in [1.54, 1.807) is 6.20 Å². The molecule has 3 aliphatic heterocycles. The molecule has 1 unspecified atom stereocenters. The maximum absolute atomic E-state index is 11.2. The van der Waals surface area contributed by atoms with Gasteiger partial charge in [-0.3, -0.25) is 0 Å². The molecule has 4 heterocycles. The van der Waals surface area contributed by atoms with Gasteiger partial charge in [-0.1, -0.05) is 0 Å². The van der Waals surface area contributed by atoms with E-state index in [9.17, 15) is 9.90 Å². The number of nitrogen functional groups attached to an aromatic ring is 1. The van der Waals surface area contributed by atoms with Gasteiger partial charge in [0.05, 0.1) is 11.3 Å². The Kier molecular flexibility index (Phi) is 3.83. The molecule has 0 saturated heterocycles. The van der Waals surface area contributed by atoms with Gasteiger partial charge < -0.3 is 29.6 Å². The first-order valence-electron chi connectivity index (χ1n) is 9.17. The van der Waals surface area contributed by atoms with Gasteiger partial charge in [0.1, 0.15) is 24.2 Å². The second kappa shape index (κ2) is 6.40. The second-order valence-electron chi connectivity index (χ2n) is 6.98. The Hall–Kier alpha value is -3.75. The lowest BCUT2D eigenvalue weighted by Gasteiger charge is -2.29. The largest absolute Gasteiger partial charge is 0.493 e. The number of aliphatic carboxylic acids is 1. The molecule has 0 spiro atoms. The number of benzene rings is 1. The molecule has 29 heavy (non-hydrogen) atoms. The van der Waals surface area contributed by atoms with Crippen LogP contribution in [0, 0.1) is 0 Å². The summed E-state index contributed by atoms with van der Waals surface area (Å²) >= 11 is 0. The van der Waals surface area contributed by atoms with Crippen molar-refractivity contribution in [2.24, 2.45) is 4.99 Å². The molecular weight excluding hydrogens is 376 g/mol. The van der Waals surface area contributed by atoms with Crippen LogP contribution in [0.2, 0.25) is 0 Å². The highest BCUT2D eigenvalue weighted by molar-refractivity contribution is 6.04. The molecule has 0 radical (unpaired) electrons. The van der Waals surface area contributed by atoms with Gasteiger partial charge in [-0.15, -0.1) is 0 Å². The monoisotopic (exact) mass is 394 g/mol. The Morgan fingerprint density at radius 2 is 2.28 bits per heavy atom. The fraction of sp³-hybridized carbons (Fsp3) is 0.250. The van der Waals surface area contributed by atoms with Crippen LogP contribution in [-0.4, -0.2) is 46.1 Å². The van der Waals surface area contributed by atoms with Gasteiger partial charge in [-0.2, -0.15) is 4.98 Å². The molecule has 0 saturated carbocycles. The highest BCUT2D eigenvalue weighted by Crippen LogP contribution is 2.39. The zero-order chi connectivity index (χ0) is 20.1. The van der Waals surface area contributed by atoms with Crippen molar-refractivity contribution in [3.05, 3.63) is 58.8 Å². The van der Waals surface area contributed by atoms with Crippen LogP contribution >= 0.6 is 0 Å². The Morgan fingerprint density at radius 3 is 3.10 bits per heavy atom. The van der Waals surface area contributed by atoms with Gasteiger partial charge >= 0.3 is 5.97 Å². The SMILES string of the molecule is CC(OC1=COCC2=C3C1=CN=C(c1ccc4oc(N)nc4c1)N3CC2)C(=O)O. The minimum Gasteiger partial charge on any atom is -0.493 e. The molecule has 0 amide bonds. The number of fused-ring (bicyclic) bond motifs is 1. The van der Waals surface area contributed by atoms with Gasteiger partial charge in [-0.25, -0.2) is 9.79 Å². The Balaban J connectivity index is 1.57. The molecule has 0 fully saturated rings. The van der Waals surface area contributed by atoms with Gasteiger partial charge in [0.15, 0.2) is 17.4 Å². The fourth-order valence-electron chi connectivity index (χ4n) is 3.72. The first kappa shape index (κ1) is 17.4. The predicted octanol–water partition coefficient (Wildman–Crippen LogP) is 2.38. The molecule has 9 nitrogen and oxygen atoms in total. The van der Waals surface area contributed by atoms with Gasteiger partial charge in [0.25, 0.3) is 6.01 Å². The second-order valence-corrected chi connectivity index (χ2v) is 6.98. The number of nitrogens with two attached hydrogens (primary N) is 1. The lowest BCUT2D eigenvalue weighted by atomic mass is 10.0. The van der Waals surface area contributed by atoms with Crippen LogP contribution in [-0.2, 0) is 14.3 Å². The highest BCUT2D eigenvalue weighted by Gasteiger charge is 2.36. The minimum atomic E-state index is -1.05. The number of aliphatic imine (C=N–C) groups is 1. The zero-order valence-corrected chi connectivity index (χ0v) is 15.6. The molecule has 0 bridgehead atoms. The van der Waals surface area contributed by atoms with E-state index in [0.717, 1.165) is 41.2 Å². The van der Waals surface area contributed by atoms with E-state index in [1.165, 1.54) is 13.2 Å². The van der Waals surface area contributed by atoms with Crippen molar-refractivity contribution in [2.45, 2.75) is 19.4 Å². The third kappa shape index (κ3) is 2.82. The number of amidine groups is 1. The molecule has 9 heteroatoms. The van der Waals surface area contributed by atoms with Crippen LogP contribution in [0.3, 0.4) is 0 Å². The summed E-state index contributed by atoms with van der Waals surface area (Å²) in [4.78, 5) is 22.2. The lowest BCUT2D eigenvalue weighted by Crippen LogP contribution is -2.32. The normalized spacial score (nSPS) is 19.1. The Morgan fingerprint density at radius 1 is 1.41 bits per heavy atom. The summed E-state index contributed by atoms with van der Waals surface area (Å²) in [5.41, 5.74) is 10.6. The molecule has 1 aromatic carbocycles. The fourth-order valence-corrected chi connectivity index (χ4v) is 3.72. The predicted molar refractivity (Wildman–Crippen MR) is 104 cm³/mol. The summed E-state index contributed by atoms with van der Waals surface area (Å²) in [6, 6.07) is 5.74. The van der Waals surface area contributed by atoms with Crippen LogP contribution in [0.15, 0.2) is 62.7 Å². The van der Waals surface area contributed by atoms with E-state index in [-0.39, 0.29) is 6.01 Å². The number of rotatable bonds is 4. The van der Waals surface area contributed by atoms with Gasteiger partial charge in [-0.05, 0) is 37.1 Å². The van der Waals surface area contributed by atoms with Gasteiger partial charge in [0.2, 0.25) is 0 Å². The number of carboxylic acids is 1. The van der Waals surface area contributed by atoms with Crippen molar-refractivity contribution < 1.29 is 23.8 Å². The standard InChI is InChI=1S/C20H18N4O5/c1-10(19(25)26)28-16-9-27-8-12-4-5-24-17(12)13(16)7-22-18(24)11-2-3-15-14(6-11)23-20(21)29-15/h2-3,6-7,9-10H,4-5,8H2,1H3,(H2,21,23)(H,25,26). The summed E-state index contributed by atoms with van der Waals surface area (Å²) in [6.07, 6.45) is 2.98. The topological polar surface area (TPSA) is 123 Å². The van der Waals surface area contributed by atoms with E-state index in [1.807, 2.05) is 18.2 Å². The molecule has 5 rings (SSSR count). The molecule has 148 valence electrons. The van der Waals surface area contributed by atoms with Crippen molar-refractivity contribution in [3.8, 4) is 0 Å². The molecule has 2 aromatic rings. The number of nitrogens with zero attached hydrogens (tertiary/aromatic N) is 3. The summed E-state index contributed by atoms with van der Waals surface area (Å²) < 4.78 is 16.6. The number of hydrogen-bond donors (Lipinski definition) is 2. The number of carbonyl (C=O) groups is 1. The van der Waals surface area contributed by atoms with Crippen molar-refractivity contribution in [1.82, 2.24) is 9.88 Å². The average molecular weight is 394 g/mol. The number of carboxylic acid groups (broad SMARTS) is 1. The molecule has 3 N–H and O–H groups in total. The zero-order valence-electron chi connectivity index (χ0n) is 15.6. The van der Waals surface area contributed by atoms with E-state index in [2.05, 4.69) is 14.9 Å². The van der Waals surface area contributed by atoms with Crippen LogP contribution in [0.1, 0.15) is 18.9 Å². The van der Waals surface area contributed by atoms with Crippen LogP contribution in [0.4, 0.5) is 6.01 Å². The quantitative estimate of drug-likeness (QED) is 0.810. The van der Waals surface area contributed by atoms with Crippen molar-refractivity contribution in [1.29, 1.82) is 0 Å². The number of ether oxygens (including phenoxy) is 2. The average Bonchev–Trinajstić information content (AvgIpc) is 3.23. The van der Waals surface area contributed by atoms with E-state index >= 15 is 0 Å². The summed E-state index contributed by atoms with van der Waals surface area (Å²) in [5, 5.41) is 9.19. The number of anilines is 1. The summed E-state index contributed by atoms with van der Waals surface area (Å²) in [7, 11) is 0. The molecule has 1 aromatic heterocycles. The first-order chi connectivity index (χ1) is 14.0. The van der Waals surface area contributed by atoms with Crippen LogP contribution in [0.25, 0.3) is 11.1 Å². The molecule has 1 atom stereocenters. The first-order valence-corrected chi connectivity index (χ1v) is 9.17. The smallest absolute Gasteiger partial charge is 0.344 e. The molecular formula is C20H18N4O5. The third-order valence-electron chi connectivity index (χ3n) is 5.10. The summed E-state index contributed by atoms with van der Waals surface area (Å²) in [5.74, 6) is 0.0856. The van der Waals surface area contributed by atoms with E-state index < -0.39 is 12.1 Å². The maximum atomic E-state index is 11.2. The van der Waals surface area contributed by atoms with E-state index in [4.69, 9.17) is 19.6 Å². The van der Waals surface area contributed by atoms with Crippen molar-refractivity contribution in [2.75, 3.05) is 18.9 Å². The van der Waals surface area contributed by atoms with E-state index in [0.29, 0.717) is 23.5 Å². The molecule has 3 aliphatic rings. The van der Waals surface area contributed by atoms with Crippen LogP contribution in [0.5, 0.6) is 0 Å². The number of oxazole rings is 1. The Bertz CT molecular complexity index is 1160. The maximum Gasteiger partial charge on any atom is 0.344 e. The van der Waals surface area contributed by atoms with Crippen molar-refractivity contribution >= 4 is 28.9 Å². The molecule has 0 aliphatic carbocycles. The third-order valence-corrected chi connectivity index (χ3v) is 5.10.